The minimum atomic E-state index is -5.32. The van der Waals surface area contributed by atoms with E-state index in [9.17, 15) is 27.6 Å². The zero-order chi connectivity index (χ0) is 17.6. The first kappa shape index (κ1) is 16.9. The quantitative estimate of drug-likeness (QED) is 0.459. The molecule has 7 nitrogen and oxygen atoms in total. The van der Waals surface area contributed by atoms with Gasteiger partial charge < -0.3 is 10.5 Å². The van der Waals surface area contributed by atoms with E-state index >= 15 is 0 Å². The molecular weight excluding hydrogens is 371 g/mol. The van der Waals surface area contributed by atoms with Crippen molar-refractivity contribution in [3.05, 3.63) is 22.3 Å². The van der Waals surface area contributed by atoms with Gasteiger partial charge in [0.05, 0.1) is 10.4 Å². The van der Waals surface area contributed by atoms with Gasteiger partial charge in [-0.3, -0.25) is 14.7 Å². The fraction of sp³-hybridized carbons (Fsp3) is 0.333. The number of amides is 1. The van der Waals surface area contributed by atoms with Crippen LogP contribution in [0.5, 0.6) is 0 Å². The summed E-state index contributed by atoms with van der Waals surface area (Å²) in [6.07, 6.45) is -3.91. The molecule has 2 atom stereocenters. The third-order valence-corrected chi connectivity index (χ3v) is 5.48. The summed E-state index contributed by atoms with van der Waals surface area (Å²) in [6.45, 7) is 0. The van der Waals surface area contributed by atoms with Crippen LogP contribution in [-0.4, -0.2) is 51.1 Å². The number of carbonyl (C=O) groups excluding carboxylic acids is 3. The van der Waals surface area contributed by atoms with Gasteiger partial charge in [0, 0.05) is 17.5 Å². The summed E-state index contributed by atoms with van der Waals surface area (Å²) in [7, 11) is 0. The van der Waals surface area contributed by atoms with Crippen molar-refractivity contribution in [2.45, 2.75) is 17.6 Å². The van der Waals surface area contributed by atoms with Gasteiger partial charge in [-0.2, -0.15) is 13.2 Å². The van der Waals surface area contributed by atoms with E-state index in [1.54, 1.807) is 0 Å². The first-order valence-corrected chi connectivity index (χ1v) is 8.30. The Morgan fingerprint density at radius 2 is 2.12 bits per heavy atom. The predicted molar refractivity (Wildman–Crippen MR) is 77.3 cm³/mol. The van der Waals surface area contributed by atoms with E-state index in [2.05, 4.69) is 9.72 Å². The number of thioether (sulfide) groups is 1. The molecule has 24 heavy (non-hydrogen) atoms. The maximum atomic E-state index is 12.3. The van der Waals surface area contributed by atoms with E-state index in [0.29, 0.717) is 4.88 Å². The lowest BCUT2D eigenvalue weighted by atomic mass is 10.0. The van der Waals surface area contributed by atoms with Crippen LogP contribution in [0.25, 0.3) is 5.57 Å². The summed E-state index contributed by atoms with van der Waals surface area (Å²) in [5.41, 5.74) is 6.98. The number of alkyl halides is 3. The monoisotopic (exact) mass is 379 g/mol. The van der Waals surface area contributed by atoms with Crippen molar-refractivity contribution in [1.82, 2.24) is 9.88 Å². The molecule has 0 spiro atoms. The third kappa shape index (κ3) is 2.70. The molecule has 2 aliphatic heterocycles. The van der Waals surface area contributed by atoms with Gasteiger partial charge >= 0.3 is 18.1 Å². The van der Waals surface area contributed by atoms with Crippen LogP contribution >= 0.6 is 23.1 Å². The number of thiazole rings is 1. The largest absolute Gasteiger partial charge is 0.491 e. The topological polar surface area (TPSA) is 103 Å². The molecule has 3 heterocycles. The lowest BCUT2D eigenvalue weighted by Gasteiger charge is -2.48. The van der Waals surface area contributed by atoms with Crippen molar-refractivity contribution in [3.8, 4) is 0 Å². The summed E-state index contributed by atoms with van der Waals surface area (Å²) in [5.74, 6) is -4.59. The fourth-order valence-corrected chi connectivity index (χ4v) is 4.32. The molecule has 128 valence electrons. The molecule has 1 aromatic rings. The number of hydrogen-bond donors (Lipinski definition) is 1. The van der Waals surface area contributed by atoms with E-state index in [1.807, 2.05) is 0 Å². The molecule has 2 aliphatic rings. The second-order valence-electron chi connectivity index (χ2n) is 4.80. The summed E-state index contributed by atoms with van der Waals surface area (Å²) in [4.78, 5) is 40.3. The number of β-lactam (4-membered cyclic amide) rings is 1. The smallest absolute Gasteiger partial charge is 0.382 e. The van der Waals surface area contributed by atoms with Gasteiger partial charge in [-0.25, -0.2) is 9.59 Å². The molecule has 2 unspecified atom stereocenters. The van der Waals surface area contributed by atoms with Crippen LogP contribution < -0.4 is 5.73 Å². The number of nitrogens with two attached hydrogens (primary N) is 1. The zero-order valence-electron chi connectivity index (χ0n) is 11.6. The summed E-state index contributed by atoms with van der Waals surface area (Å²) in [6, 6.07) is -0.862. The number of ether oxygens (including phenoxy) is 1. The number of hydrogen-bond acceptors (Lipinski definition) is 8. The van der Waals surface area contributed by atoms with E-state index in [0.717, 1.165) is 16.2 Å². The van der Waals surface area contributed by atoms with E-state index in [1.165, 1.54) is 23.5 Å². The minimum absolute atomic E-state index is 0.217. The summed E-state index contributed by atoms with van der Waals surface area (Å²) >= 11 is 2.40. The number of nitrogens with zero attached hydrogens (tertiary/aromatic N) is 2. The molecule has 0 saturated carbocycles. The molecule has 12 heteroatoms. The van der Waals surface area contributed by atoms with Gasteiger partial charge in [0.15, 0.2) is 0 Å². The lowest BCUT2D eigenvalue weighted by Crippen LogP contribution is -2.68. The number of carbonyl (C=O) groups is 3. The predicted octanol–water partition coefficient (Wildman–Crippen LogP) is 0.729. The zero-order valence-corrected chi connectivity index (χ0v) is 13.2. The van der Waals surface area contributed by atoms with Gasteiger partial charge in [-0.1, -0.05) is 0 Å². The second-order valence-corrected chi connectivity index (χ2v) is 6.79. The van der Waals surface area contributed by atoms with Crippen molar-refractivity contribution in [2.75, 3.05) is 5.75 Å². The van der Waals surface area contributed by atoms with Crippen LogP contribution in [0.4, 0.5) is 13.2 Å². The number of aromatic nitrogens is 1. The van der Waals surface area contributed by atoms with Crippen molar-refractivity contribution < 1.29 is 32.3 Å². The first-order valence-electron chi connectivity index (χ1n) is 6.37. The van der Waals surface area contributed by atoms with Crippen LogP contribution in [-0.2, 0) is 19.1 Å². The lowest BCUT2D eigenvalue weighted by molar-refractivity contribution is -0.201. The van der Waals surface area contributed by atoms with Crippen LogP contribution in [0.1, 0.15) is 4.88 Å². The van der Waals surface area contributed by atoms with E-state index in [-0.39, 0.29) is 11.3 Å². The standard InChI is InChI=1S/C12H8F3N3O4S2/c13-12(14,15)11(21)22-10(20)7-4(5-1-17-3-24-5)2-23-9-6(16)8(19)18(7)9/h1,3,6,9H,2,16H2. The molecule has 0 aromatic carbocycles. The third-order valence-electron chi connectivity index (χ3n) is 3.35. The molecule has 3 rings (SSSR count). The normalized spacial score (nSPS) is 23.7. The van der Waals surface area contributed by atoms with Crippen molar-refractivity contribution in [3.63, 3.8) is 0 Å². The maximum absolute atomic E-state index is 12.3. The van der Waals surface area contributed by atoms with Gasteiger partial charge in [-0.15, -0.1) is 23.1 Å². The Balaban J connectivity index is 1.99. The average Bonchev–Trinajstić information content (AvgIpc) is 3.05. The first-order chi connectivity index (χ1) is 11.2. The van der Waals surface area contributed by atoms with Crippen LogP contribution in [0.15, 0.2) is 17.4 Å². The molecule has 0 radical (unpaired) electrons. The Morgan fingerprint density at radius 1 is 1.42 bits per heavy atom. The Bertz CT molecular complexity index is 747. The van der Waals surface area contributed by atoms with Crippen LogP contribution in [0.3, 0.4) is 0 Å². The molecule has 0 bridgehead atoms. The average molecular weight is 379 g/mol. The van der Waals surface area contributed by atoms with Gasteiger partial charge in [-0.05, 0) is 0 Å². The molecule has 1 amide bonds. The number of rotatable bonds is 2. The highest BCUT2D eigenvalue weighted by Crippen LogP contribution is 2.43. The van der Waals surface area contributed by atoms with E-state index < -0.39 is 41.1 Å². The van der Waals surface area contributed by atoms with Crippen LogP contribution in [0.2, 0.25) is 0 Å². The molecule has 2 N–H and O–H groups in total. The number of fused-ring (bicyclic) bond motifs is 1. The molecule has 1 fully saturated rings. The van der Waals surface area contributed by atoms with Gasteiger partial charge in [0.25, 0.3) is 0 Å². The number of esters is 2. The Hall–Kier alpha value is -1.92. The molecule has 1 aromatic heterocycles. The van der Waals surface area contributed by atoms with Gasteiger partial charge in [0.1, 0.15) is 17.1 Å². The highest BCUT2D eigenvalue weighted by atomic mass is 32.2. The highest BCUT2D eigenvalue weighted by Gasteiger charge is 2.53. The van der Waals surface area contributed by atoms with Crippen LogP contribution in [0, 0.1) is 0 Å². The Morgan fingerprint density at radius 3 is 2.71 bits per heavy atom. The SMILES string of the molecule is NC1C(=O)N2C(C(=O)OC(=O)C(F)(F)F)=C(c3cncs3)CSC12. The van der Waals surface area contributed by atoms with E-state index in [4.69, 9.17) is 5.73 Å². The van der Waals surface area contributed by atoms with Crippen molar-refractivity contribution in [2.24, 2.45) is 5.73 Å². The summed E-state index contributed by atoms with van der Waals surface area (Å²) in [5, 5.41) is -0.585. The Kier molecular flexibility index (Phi) is 4.13. The number of halogens is 3. The minimum Gasteiger partial charge on any atom is -0.382 e. The molecule has 1 saturated heterocycles. The maximum Gasteiger partial charge on any atom is 0.491 e. The Labute approximate surface area is 140 Å². The second kappa shape index (κ2) is 5.86. The van der Waals surface area contributed by atoms with Gasteiger partial charge in [0.2, 0.25) is 5.91 Å². The molecular formula is C12H8F3N3O4S2. The van der Waals surface area contributed by atoms with Crippen molar-refractivity contribution >= 4 is 46.5 Å². The fourth-order valence-electron chi connectivity index (χ4n) is 2.25. The highest BCUT2D eigenvalue weighted by molar-refractivity contribution is 8.00. The summed E-state index contributed by atoms with van der Waals surface area (Å²) < 4.78 is 40.9. The van der Waals surface area contributed by atoms with Crippen molar-refractivity contribution in [1.29, 1.82) is 0 Å². The molecule has 0 aliphatic carbocycles.